The zero-order chi connectivity index (χ0) is 29.0. The van der Waals surface area contributed by atoms with Crippen LogP contribution in [0.4, 0.5) is 0 Å². The standard InChI is InChI=1S/C28H35N3O8S/c1-17-11-24(39-40(29,36)37)7-8-25(17)22-12-19(13-23(32)14-22)15-31-9-10-38-16-26(31)27(33)30-18(2)20-3-5-21(6-4-20)28(34)35/h3-7,11-12,14,18-19,25-26,32H,8-10,13,15-16H2,1-2H3,(H,30,33)(H,34,35)(H2,29,36,37)/t18?,19?,25?,26-/m1/s1. The Kier molecular flexibility index (Phi) is 9.14. The third-order valence-electron chi connectivity index (χ3n) is 7.35. The van der Waals surface area contributed by atoms with Gasteiger partial charge in [0.25, 0.3) is 0 Å². The van der Waals surface area contributed by atoms with Gasteiger partial charge in [0.1, 0.15) is 11.8 Å². The second kappa shape index (κ2) is 12.4. The van der Waals surface area contributed by atoms with E-state index < -0.39 is 22.3 Å². The first-order valence-corrected chi connectivity index (χ1v) is 14.5. The highest BCUT2D eigenvalue weighted by molar-refractivity contribution is 7.84. The van der Waals surface area contributed by atoms with Gasteiger partial charge in [0.2, 0.25) is 5.91 Å². The number of nitrogens with one attached hydrogen (secondary N) is 1. The molecule has 2 aliphatic carbocycles. The maximum Gasteiger partial charge on any atom is 0.380 e. The molecule has 3 unspecified atom stereocenters. The Balaban J connectivity index is 1.42. The summed E-state index contributed by atoms with van der Waals surface area (Å²) in [5.74, 6) is -0.882. The number of nitrogens with zero attached hydrogens (tertiary/aromatic N) is 1. The van der Waals surface area contributed by atoms with Crippen molar-refractivity contribution in [1.29, 1.82) is 0 Å². The van der Waals surface area contributed by atoms with Gasteiger partial charge in [-0.05, 0) is 67.7 Å². The minimum Gasteiger partial charge on any atom is -0.512 e. The van der Waals surface area contributed by atoms with Crippen molar-refractivity contribution in [2.75, 3.05) is 26.3 Å². The van der Waals surface area contributed by atoms with Crippen LogP contribution in [0.2, 0.25) is 0 Å². The summed E-state index contributed by atoms with van der Waals surface area (Å²) >= 11 is 0. The number of hydrogen-bond acceptors (Lipinski definition) is 8. The van der Waals surface area contributed by atoms with Crippen molar-refractivity contribution in [3.8, 4) is 0 Å². The normalized spacial score (nSPS) is 24.6. The Morgan fingerprint density at radius 3 is 2.62 bits per heavy atom. The highest BCUT2D eigenvalue weighted by atomic mass is 32.2. The largest absolute Gasteiger partial charge is 0.512 e. The van der Waals surface area contributed by atoms with E-state index in [-0.39, 0.29) is 47.5 Å². The maximum absolute atomic E-state index is 13.3. The van der Waals surface area contributed by atoms with E-state index in [1.54, 1.807) is 30.4 Å². The molecule has 0 aromatic heterocycles. The SMILES string of the molecule is CC1=CC(OS(N)(=O)=O)=CCC1C1=CC(CN2CCOC[C@@H]2C(=O)NC(C)c2ccc(C(=O)O)cc2)CC(O)=C1. The van der Waals surface area contributed by atoms with E-state index in [0.717, 1.165) is 16.7 Å². The summed E-state index contributed by atoms with van der Waals surface area (Å²) in [7, 11) is -4.11. The van der Waals surface area contributed by atoms with Gasteiger partial charge in [-0.2, -0.15) is 13.6 Å². The molecule has 0 saturated carbocycles. The van der Waals surface area contributed by atoms with E-state index in [2.05, 4.69) is 16.3 Å². The first-order valence-electron chi connectivity index (χ1n) is 13.1. The average Bonchev–Trinajstić information content (AvgIpc) is 2.87. The summed E-state index contributed by atoms with van der Waals surface area (Å²) in [6, 6.07) is 5.55. The number of hydrogen-bond donors (Lipinski definition) is 4. The molecule has 1 heterocycles. The van der Waals surface area contributed by atoms with Crippen LogP contribution in [-0.2, 0) is 24.0 Å². The lowest BCUT2D eigenvalue weighted by Gasteiger charge is -2.37. The van der Waals surface area contributed by atoms with Crippen molar-refractivity contribution >= 4 is 22.2 Å². The zero-order valence-corrected chi connectivity index (χ0v) is 23.3. The number of ether oxygens (including phenoxy) is 1. The number of carbonyl (C=O) groups excluding carboxylic acids is 1. The molecule has 1 amide bonds. The molecule has 0 bridgehead atoms. The van der Waals surface area contributed by atoms with E-state index in [1.807, 2.05) is 13.8 Å². The number of aliphatic hydroxyl groups excluding tert-OH is 1. The predicted octanol–water partition coefficient (Wildman–Crippen LogP) is 2.72. The molecule has 0 spiro atoms. The van der Waals surface area contributed by atoms with Crippen molar-refractivity contribution in [1.82, 2.24) is 10.2 Å². The summed E-state index contributed by atoms with van der Waals surface area (Å²) in [4.78, 5) is 26.5. The monoisotopic (exact) mass is 573 g/mol. The van der Waals surface area contributed by atoms with Crippen LogP contribution in [0.25, 0.3) is 0 Å². The van der Waals surface area contributed by atoms with E-state index in [9.17, 15) is 23.1 Å². The van der Waals surface area contributed by atoms with E-state index in [1.165, 1.54) is 12.1 Å². The Hall–Kier alpha value is -3.45. The molecular weight excluding hydrogens is 538 g/mol. The number of aromatic carboxylic acids is 1. The predicted molar refractivity (Wildman–Crippen MR) is 147 cm³/mol. The molecule has 1 aromatic carbocycles. The van der Waals surface area contributed by atoms with Crippen LogP contribution < -0.4 is 10.5 Å². The first kappa shape index (κ1) is 29.5. The second-order valence-corrected chi connectivity index (χ2v) is 11.5. The molecule has 3 aliphatic rings. The summed E-state index contributed by atoms with van der Waals surface area (Å²) in [5.41, 5.74) is 2.77. The van der Waals surface area contributed by atoms with Crippen molar-refractivity contribution in [2.24, 2.45) is 17.0 Å². The molecule has 1 aliphatic heterocycles. The summed E-state index contributed by atoms with van der Waals surface area (Å²) in [6.45, 7) is 5.54. The van der Waals surface area contributed by atoms with Gasteiger partial charge in [0.15, 0.2) is 0 Å². The van der Waals surface area contributed by atoms with Gasteiger partial charge < -0.3 is 24.4 Å². The number of morpholine rings is 1. The molecule has 216 valence electrons. The van der Waals surface area contributed by atoms with Gasteiger partial charge in [-0.15, -0.1) is 0 Å². The van der Waals surface area contributed by atoms with Gasteiger partial charge in [0.05, 0.1) is 30.6 Å². The van der Waals surface area contributed by atoms with Crippen LogP contribution >= 0.6 is 0 Å². The number of allylic oxidation sites excluding steroid dienone is 6. The number of aliphatic hydroxyl groups is 1. The summed E-state index contributed by atoms with van der Waals surface area (Å²) in [6.07, 6.45) is 8.08. The van der Waals surface area contributed by atoms with Crippen LogP contribution in [0.5, 0.6) is 0 Å². The van der Waals surface area contributed by atoms with Crippen LogP contribution in [0.15, 0.2) is 71.2 Å². The Morgan fingerprint density at radius 1 is 1.25 bits per heavy atom. The van der Waals surface area contributed by atoms with Gasteiger partial charge in [-0.25, -0.2) is 4.79 Å². The van der Waals surface area contributed by atoms with Crippen molar-refractivity contribution in [3.63, 3.8) is 0 Å². The minimum absolute atomic E-state index is 0.0479. The van der Waals surface area contributed by atoms with Crippen LogP contribution in [0.1, 0.15) is 48.7 Å². The number of rotatable bonds is 9. The van der Waals surface area contributed by atoms with E-state index in [4.69, 9.17) is 19.2 Å². The number of carboxylic acids is 1. The third kappa shape index (κ3) is 7.60. The summed E-state index contributed by atoms with van der Waals surface area (Å²) < 4.78 is 33.0. The highest BCUT2D eigenvalue weighted by Crippen LogP contribution is 2.36. The van der Waals surface area contributed by atoms with Gasteiger partial charge in [0, 0.05) is 25.4 Å². The Bertz CT molecular complexity index is 1360. The lowest BCUT2D eigenvalue weighted by Crippen LogP contribution is -2.55. The molecule has 4 atom stereocenters. The van der Waals surface area contributed by atoms with Crippen molar-refractivity contribution in [2.45, 2.75) is 38.8 Å². The van der Waals surface area contributed by atoms with Crippen LogP contribution in [-0.4, -0.2) is 67.8 Å². The Labute approximate surface area is 233 Å². The van der Waals surface area contributed by atoms with Crippen LogP contribution in [0, 0.1) is 11.8 Å². The number of carbonyl (C=O) groups is 2. The fourth-order valence-electron chi connectivity index (χ4n) is 5.33. The quantitative estimate of drug-likeness (QED) is 0.347. The van der Waals surface area contributed by atoms with E-state index >= 15 is 0 Å². The number of amides is 1. The van der Waals surface area contributed by atoms with Gasteiger partial charge in [-0.3, -0.25) is 9.69 Å². The molecule has 1 fully saturated rings. The number of benzene rings is 1. The average molecular weight is 574 g/mol. The van der Waals surface area contributed by atoms with E-state index in [0.29, 0.717) is 32.5 Å². The number of nitrogens with two attached hydrogens (primary N) is 1. The Morgan fingerprint density at radius 2 is 1.98 bits per heavy atom. The molecule has 4 rings (SSSR count). The second-order valence-electron chi connectivity index (χ2n) is 10.4. The third-order valence-corrected chi connectivity index (χ3v) is 7.77. The van der Waals surface area contributed by atoms with Gasteiger partial charge in [-0.1, -0.05) is 23.8 Å². The molecule has 11 nitrogen and oxygen atoms in total. The fourth-order valence-corrected chi connectivity index (χ4v) is 5.72. The van der Waals surface area contributed by atoms with Crippen LogP contribution in [0.3, 0.4) is 0 Å². The van der Waals surface area contributed by atoms with Crippen molar-refractivity contribution < 1.29 is 37.1 Å². The topological polar surface area (TPSA) is 168 Å². The number of carboxylic acid groups (broad SMARTS) is 1. The molecule has 1 saturated heterocycles. The minimum atomic E-state index is -4.11. The molecule has 1 aromatic rings. The smallest absolute Gasteiger partial charge is 0.380 e. The lowest BCUT2D eigenvalue weighted by molar-refractivity contribution is -0.133. The molecule has 5 N–H and O–H groups in total. The molecular formula is C28H35N3O8S. The first-order chi connectivity index (χ1) is 18.9. The van der Waals surface area contributed by atoms with Gasteiger partial charge >= 0.3 is 16.3 Å². The summed E-state index contributed by atoms with van der Waals surface area (Å²) in [5, 5.41) is 27.7. The molecule has 0 radical (unpaired) electrons. The zero-order valence-electron chi connectivity index (χ0n) is 22.4. The maximum atomic E-state index is 13.3. The fraction of sp³-hybridized carbons (Fsp3) is 0.429. The highest BCUT2D eigenvalue weighted by Gasteiger charge is 2.33. The van der Waals surface area contributed by atoms with Crippen molar-refractivity contribution in [3.05, 3.63) is 82.4 Å². The molecule has 12 heteroatoms. The molecule has 40 heavy (non-hydrogen) atoms. The lowest BCUT2D eigenvalue weighted by atomic mass is 9.80.